The fourth-order valence-corrected chi connectivity index (χ4v) is 2.54. The number of thioether (sulfide) groups is 1. The zero-order valence-electron chi connectivity index (χ0n) is 11.6. The van der Waals surface area contributed by atoms with Crippen LogP contribution in [-0.4, -0.2) is 31.3 Å². The Labute approximate surface area is 121 Å². The standard InChI is InChI=1S/C12H18N6OS/c1-3-5-18-11(19)16-17-12(18)20-8-9-6-15-10(7-14-9)13-4-2/h6-7H,3-5,8H2,1-2H3,(H,13,15)(H,16,19). The summed E-state index contributed by atoms with van der Waals surface area (Å²) in [5.74, 6) is 1.40. The smallest absolute Gasteiger partial charge is 0.343 e. The van der Waals surface area contributed by atoms with Gasteiger partial charge in [-0.15, -0.1) is 5.10 Å². The molecule has 108 valence electrons. The molecule has 0 aliphatic carbocycles. The lowest BCUT2D eigenvalue weighted by Gasteiger charge is -2.04. The summed E-state index contributed by atoms with van der Waals surface area (Å²) in [5, 5.41) is 10.3. The quantitative estimate of drug-likeness (QED) is 0.752. The van der Waals surface area contributed by atoms with Gasteiger partial charge in [0.25, 0.3) is 0 Å². The third-order valence-corrected chi connectivity index (χ3v) is 3.59. The minimum Gasteiger partial charge on any atom is -0.369 e. The number of anilines is 1. The molecule has 0 aromatic carbocycles. The Morgan fingerprint density at radius 1 is 1.35 bits per heavy atom. The lowest BCUT2D eigenvalue weighted by Crippen LogP contribution is -2.17. The van der Waals surface area contributed by atoms with E-state index in [0.717, 1.165) is 24.5 Å². The van der Waals surface area contributed by atoms with E-state index in [0.29, 0.717) is 17.5 Å². The molecule has 0 saturated heterocycles. The van der Waals surface area contributed by atoms with Crippen molar-refractivity contribution in [2.24, 2.45) is 0 Å². The van der Waals surface area contributed by atoms with Crippen molar-refractivity contribution in [1.29, 1.82) is 0 Å². The van der Waals surface area contributed by atoms with Crippen molar-refractivity contribution in [3.8, 4) is 0 Å². The van der Waals surface area contributed by atoms with Gasteiger partial charge in [-0.3, -0.25) is 9.55 Å². The summed E-state index contributed by atoms with van der Waals surface area (Å²) in [5.41, 5.74) is 0.693. The molecule has 2 rings (SSSR count). The zero-order valence-corrected chi connectivity index (χ0v) is 12.4. The predicted molar refractivity (Wildman–Crippen MR) is 78.9 cm³/mol. The van der Waals surface area contributed by atoms with Crippen LogP contribution < -0.4 is 11.0 Å². The Morgan fingerprint density at radius 3 is 2.85 bits per heavy atom. The van der Waals surface area contributed by atoms with Gasteiger partial charge in [-0.2, -0.15) is 0 Å². The minimum atomic E-state index is -0.164. The molecule has 2 aromatic rings. The van der Waals surface area contributed by atoms with Gasteiger partial charge in [0.1, 0.15) is 5.82 Å². The Balaban J connectivity index is 1.99. The second-order valence-corrected chi connectivity index (χ2v) is 5.12. The third kappa shape index (κ3) is 3.60. The van der Waals surface area contributed by atoms with Crippen LogP contribution in [0, 0.1) is 0 Å². The highest BCUT2D eigenvalue weighted by Gasteiger charge is 2.08. The van der Waals surface area contributed by atoms with E-state index in [9.17, 15) is 4.79 Å². The predicted octanol–water partition coefficient (Wildman–Crippen LogP) is 1.50. The monoisotopic (exact) mass is 294 g/mol. The van der Waals surface area contributed by atoms with Gasteiger partial charge in [-0.1, -0.05) is 18.7 Å². The molecule has 0 saturated carbocycles. The van der Waals surface area contributed by atoms with Crippen molar-refractivity contribution < 1.29 is 0 Å². The van der Waals surface area contributed by atoms with Gasteiger partial charge in [-0.05, 0) is 13.3 Å². The lowest BCUT2D eigenvalue weighted by molar-refractivity contribution is 0.603. The first kappa shape index (κ1) is 14.6. The van der Waals surface area contributed by atoms with E-state index >= 15 is 0 Å². The number of nitrogens with zero attached hydrogens (tertiary/aromatic N) is 4. The number of rotatable bonds is 7. The summed E-state index contributed by atoms with van der Waals surface area (Å²) in [6.07, 6.45) is 4.34. The molecule has 0 spiro atoms. The zero-order chi connectivity index (χ0) is 14.4. The Bertz CT molecular complexity index is 591. The molecule has 0 radical (unpaired) electrons. The van der Waals surface area contributed by atoms with Crippen LogP contribution in [0.15, 0.2) is 22.3 Å². The fraction of sp³-hybridized carbons (Fsp3) is 0.500. The maximum absolute atomic E-state index is 11.6. The topological polar surface area (TPSA) is 88.5 Å². The van der Waals surface area contributed by atoms with E-state index in [1.165, 1.54) is 11.8 Å². The molecule has 0 aliphatic heterocycles. The molecular weight excluding hydrogens is 276 g/mol. The first-order valence-electron chi connectivity index (χ1n) is 6.57. The number of hydrogen-bond donors (Lipinski definition) is 2. The molecule has 8 heteroatoms. The molecule has 0 bridgehead atoms. The molecule has 0 unspecified atom stereocenters. The normalized spacial score (nSPS) is 10.7. The van der Waals surface area contributed by atoms with Gasteiger partial charge in [0.15, 0.2) is 5.16 Å². The van der Waals surface area contributed by atoms with Crippen LogP contribution in [0.4, 0.5) is 5.82 Å². The molecule has 0 fully saturated rings. The number of hydrogen-bond acceptors (Lipinski definition) is 6. The van der Waals surface area contributed by atoms with Gasteiger partial charge in [-0.25, -0.2) is 14.9 Å². The molecule has 0 atom stereocenters. The second-order valence-electron chi connectivity index (χ2n) is 4.17. The SMILES string of the molecule is CCCn1c(SCc2cnc(NCC)cn2)n[nH]c1=O. The van der Waals surface area contributed by atoms with E-state index in [4.69, 9.17) is 0 Å². The highest BCUT2D eigenvalue weighted by Crippen LogP contribution is 2.18. The fourth-order valence-electron chi connectivity index (χ4n) is 1.67. The number of aromatic nitrogens is 5. The highest BCUT2D eigenvalue weighted by atomic mass is 32.2. The highest BCUT2D eigenvalue weighted by molar-refractivity contribution is 7.98. The van der Waals surface area contributed by atoms with Crippen LogP contribution in [0.1, 0.15) is 26.0 Å². The average molecular weight is 294 g/mol. The van der Waals surface area contributed by atoms with Crippen LogP contribution in [0.25, 0.3) is 0 Å². The van der Waals surface area contributed by atoms with Crippen molar-refractivity contribution in [1.82, 2.24) is 24.7 Å². The van der Waals surface area contributed by atoms with Crippen LogP contribution in [-0.2, 0) is 12.3 Å². The Hall–Kier alpha value is -1.83. The van der Waals surface area contributed by atoms with Gasteiger partial charge >= 0.3 is 5.69 Å². The van der Waals surface area contributed by atoms with Crippen LogP contribution >= 0.6 is 11.8 Å². The maximum atomic E-state index is 11.6. The second kappa shape index (κ2) is 7.09. The van der Waals surface area contributed by atoms with Crippen molar-refractivity contribution in [2.45, 2.75) is 37.7 Å². The van der Waals surface area contributed by atoms with Crippen molar-refractivity contribution in [3.63, 3.8) is 0 Å². The maximum Gasteiger partial charge on any atom is 0.343 e. The summed E-state index contributed by atoms with van der Waals surface area (Å²) >= 11 is 1.48. The van der Waals surface area contributed by atoms with Crippen molar-refractivity contribution >= 4 is 17.6 Å². The Morgan fingerprint density at radius 2 is 2.20 bits per heavy atom. The van der Waals surface area contributed by atoms with Crippen molar-refractivity contribution in [2.75, 3.05) is 11.9 Å². The van der Waals surface area contributed by atoms with E-state index in [-0.39, 0.29) is 5.69 Å². The van der Waals surface area contributed by atoms with Crippen LogP contribution in [0.3, 0.4) is 0 Å². The van der Waals surface area contributed by atoms with Gasteiger partial charge in [0, 0.05) is 18.8 Å². The first-order chi connectivity index (χ1) is 9.74. The lowest BCUT2D eigenvalue weighted by atomic mass is 10.5. The molecular formula is C12H18N6OS. The van der Waals surface area contributed by atoms with Gasteiger partial charge < -0.3 is 5.32 Å². The summed E-state index contributed by atoms with van der Waals surface area (Å²) < 4.78 is 1.64. The summed E-state index contributed by atoms with van der Waals surface area (Å²) in [7, 11) is 0. The number of aromatic amines is 1. The molecule has 2 aromatic heterocycles. The summed E-state index contributed by atoms with van der Waals surface area (Å²) in [6, 6.07) is 0. The molecule has 2 N–H and O–H groups in total. The Kier molecular flexibility index (Phi) is 5.16. The molecule has 7 nitrogen and oxygen atoms in total. The van der Waals surface area contributed by atoms with Gasteiger partial charge in [0.2, 0.25) is 0 Å². The largest absolute Gasteiger partial charge is 0.369 e. The average Bonchev–Trinajstić information content (AvgIpc) is 2.80. The third-order valence-electron chi connectivity index (χ3n) is 2.58. The molecule has 20 heavy (non-hydrogen) atoms. The van der Waals surface area contributed by atoms with Crippen LogP contribution in [0.2, 0.25) is 0 Å². The van der Waals surface area contributed by atoms with E-state index in [1.807, 2.05) is 13.8 Å². The number of nitrogens with one attached hydrogen (secondary N) is 2. The number of H-pyrrole nitrogens is 1. The molecule has 0 amide bonds. The van der Waals surface area contributed by atoms with E-state index in [1.54, 1.807) is 17.0 Å². The molecule has 2 heterocycles. The summed E-state index contributed by atoms with van der Waals surface area (Å²) in [4.78, 5) is 20.1. The van der Waals surface area contributed by atoms with E-state index in [2.05, 4.69) is 25.5 Å². The summed E-state index contributed by atoms with van der Waals surface area (Å²) in [6.45, 7) is 5.52. The minimum absolute atomic E-state index is 0.164. The molecule has 0 aliphatic rings. The van der Waals surface area contributed by atoms with Crippen molar-refractivity contribution in [3.05, 3.63) is 28.6 Å². The van der Waals surface area contributed by atoms with E-state index < -0.39 is 0 Å². The van der Waals surface area contributed by atoms with Crippen LogP contribution in [0.5, 0.6) is 0 Å². The van der Waals surface area contributed by atoms with Gasteiger partial charge in [0.05, 0.1) is 18.1 Å². The first-order valence-corrected chi connectivity index (χ1v) is 7.56.